The smallest absolute Gasteiger partial charge is 0.253 e. The molecule has 4 nitrogen and oxygen atoms in total. The molecule has 2 aliphatic rings. The molecule has 20 heavy (non-hydrogen) atoms. The number of aromatic amines is 1. The van der Waals surface area contributed by atoms with Crippen molar-refractivity contribution in [1.29, 1.82) is 0 Å². The van der Waals surface area contributed by atoms with Crippen LogP contribution in [0.1, 0.15) is 61.0 Å². The summed E-state index contributed by atoms with van der Waals surface area (Å²) in [5.41, 5.74) is 1.97. The summed E-state index contributed by atoms with van der Waals surface area (Å²) in [7, 11) is 0. The van der Waals surface area contributed by atoms with Crippen molar-refractivity contribution in [3.8, 4) is 0 Å². The highest BCUT2D eigenvalue weighted by Crippen LogP contribution is 2.40. The van der Waals surface area contributed by atoms with Crippen LogP contribution in [0.25, 0.3) is 0 Å². The standard InChI is InChI=1S/C16H24N2O2/c1-2-14(11-6-9-20-10-7-11)18-16(19)13-5-8-17-15(13)12-3-4-12/h5,8,11-12,14,17H,2-4,6-7,9-10H2,1H3,(H,18,19)/t14-/m0/s1. The van der Waals surface area contributed by atoms with Crippen molar-refractivity contribution >= 4 is 5.91 Å². The van der Waals surface area contributed by atoms with Gasteiger partial charge in [0.15, 0.2) is 0 Å². The van der Waals surface area contributed by atoms with Crippen LogP contribution in [0.4, 0.5) is 0 Å². The molecule has 1 amide bonds. The van der Waals surface area contributed by atoms with Crippen LogP contribution in [0.15, 0.2) is 12.3 Å². The largest absolute Gasteiger partial charge is 0.381 e. The van der Waals surface area contributed by atoms with Gasteiger partial charge < -0.3 is 15.0 Å². The summed E-state index contributed by atoms with van der Waals surface area (Å²) in [6, 6.07) is 2.19. The predicted molar refractivity (Wildman–Crippen MR) is 77.9 cm³/mol. The maximum atomic E-state index is 12.5. The first-order valence-electron chi connectivity index (χ1n) is 7.85. The number of hydrogen-bond acceptors (Lipinski definition) is 2. The van der Waals surface area contributed by atoms with Crippen LogP contribution < -0.4 is 5.32 Å². The van der Waals surface area contributed by atoms with Crippen molar-refractivity contribution in [3.05, 3.63) is 23.5 Å². The van der Waals surface area contributed by atoms with Gasteiger partial charge in [0.05, 0.1) is 5.56 Å². The lowest BCUT2D eigenvalue weighted by Crippen LogP contribution is -2.42. The number of carbonyl (C=O) groups excluding carboxylic acids is 1. The van der Waals surface area contributed by atoms with E-state index in [0.717, 1.165) is 43.7 Å². The number of ether oxygens (including phenoxy) is 1. The third-order valence-corrected chi connectivity index (χ3v) is 4.60. The van der Waals surface area contributed by atoms with Gasteiger partial charge in [-0.05, 0) is 50.0 Å². The molecule has 1 atom stereocenters. The van der Waals surface area contributed by atoms with Crippen molar-refractivity contribution < 1.29 is 9.53 Å². The molecule has 0 spiro atoms. The normalized spacial score (nSPS) is 21.6. The van der Waals surface area contributed by atoms with Gasteiger partial charge in [-0.25, -0.2) is 0 Å². The molecule has 1 aromatic heterocycles. The Bertz CT molecular complexity index is 459. The lowest BCUT2D eigenvalue weighted by molar-refractivity contribution is 0.0510. The van der Waals surface area contributed by atoms with Gasteiger partial charge in [-0.2, -0.15) is 0 Å². The molecule has 1 saturated heterocycles. The van der Waals surface area contributed by atoms with E-state index in [9.17, 15) is 4.79 Å². The third kappa shape index (κ3) is 2.90. The molecule has 1 aliphatic heterocycles. The van der Waals surface area contributed by atoms with Gasteiger partial charge in [0, 0.05) is 31.1 Å². The first-order valence-corrected chi connectivity index (χ1v) is 7.85. The summed E-state index contributed by atoms with van der Waals surface area (Å²) >= 11 is 0. The van der Waals surface area contributed by atoms with Gasteiger partial charge in [-0.3, -0.25) is 4.79 Å². The Morgan fingerprint density at radius 2 is 2.15 bits per heavy atom. The zero-order chi connectivity index (χ0) is 13.9. The van der Waals surface area contributed by atoms with Crippen LogP contribution in [0.2, 0.25) is 0 Å². The zero-order valence-electron chi connectivity index (χ0n) is 12.2. The SMILES string of the molecule is CC[C@H](NC(=O)c1cc[nH]c1C1CC1)C1CCOCC1. The van der Waals surface area contributed by atoms with E-state index in [0.29, 0.717) is 11.8 Å². The minimum Gasteiger partial charge on any atom is -0.381 e. The minimum atomic E-state index is 0.0893. The average Bonchev–Trinajstić information content (AvgIpc) is 3.22. The molecule has 1 aliphatic carbocycles. The van der Waals surface area contributed by atoms with Crippen LogP contribution in [0, 0.1) is 5.92 Å². The summed E-state index contributed by atoms with van der Waals surface area (Å²) in [5, 5.41) is 3.25. The molecule has 2 heterocycles. The molecule has 0 aromatic carbocycles. The van der Waals surface area contributed by atoms with E-state index in [4.69, 9.17) is 4.74 Å². The van der Waals surface area contributed by atoms with Gasteiger partial charge in [-0.1, -0.05) is 6.92 Å². The van der Waals surface area contributed by atoms with Crippen molar-refractivity contribution in [2.75, 3.05) is 13.2 Å². The van der Waals surface area contributed by atoms with Gasteiger partial charge in [0.2, 0.25) is 0 Å². The number of H-pyrrole nitrogens is 1. The highest BCUT2D eigenvalue weighted by Gasteiger charge is 2.30. The molecule has 0 radical (unpaired) electrons. The summed E-state index contributed by atoms with van der Waals surface area (Å²) in [4.78, 5) is 15.7. The first-order chi connectivity index (χ1) is 9.79. The van der Waals surface area contributed by atoms with E-state index < -0.39 is 0 Å². The Morgan fingerprint density at radius 3 is 2.80 bits per heavy atom. The average molecular weight is 276 g/mol. The van der Waals surface area contributed by atoms with Crippen LogP contribution in [-0.4, -0.2) is 30.1 Å². The third-order valence-electron chi connectivity index (χ3n) is 4.60. The Morgan fingerprint density at radius 1 is 1.40 bits per heavy atom. The second-order valence-corrected chi connectivity index (χ2v) is 6.02. The van der Waals surface area contributed by atoms with Crippen molar-refractivity contribution in [2.45, 2.75) is 51.0 Å². The molecular weight excluding hydrogens is 252 g/mol. The van der Waals surface area contributed by atoms with Crippen LogP contribution >= 0.6 is 0 Å². The zero-order valence-corrected chi connectivity index (χ0v) is 12.2. The van der Waals surface area contributed by atoms with Crippen molar-refractivity contribution in [2.24, 2.45) is 5.92 Å². The quantitative estimate of drug-likeness (QED) is 0.869. The summed E-state index contributed by atoms with van der Waals surface area (Å²) < 4.78 is 5.41. The number of rotatable bonds is 5. The fourth-order valence-corrected chi connectivity index (χ4v) is 3.21. The number of nitrogens with one attached hydrogen (secondary N) is 2. The van der Waals surface area contributed by atoms with E-state index >= 15 is 0 Å². The number of hydrogen-bond donors (Lipinski definition) is 2. The lowest BCUT2D eigenvalue weighted by Gasteiger charge is -2.30. The van der Waals surface area contributed by atoms with Crippen LogP contribution in [0.3, 0.4) is 0 Å². The Labute approximate surface area is 120 Å². The fourth-order valence-electron chi connectivity index (χ4n) is 3.21. The molecule has 2 fully saturated rings. The Balaban J connectivity index is 1.65. The Hall–Kier alpha value is -1.29. The van der Waals surface area contributed by atoms with Gasteiger partial charge in [-0.15, -0.1) is 0 Å². The van der Waals surface area contributed by atoms with E-state index in [1.807, 2.05) is 12.3 Å². The van der Waals surface area contributed by atoms with Crippen LogP contribution in [-0.2, 0) is 4.74 Å². The predicted octanol–water partition coefficient (Wildman–Crippen LogP) is 2.83. The number of carbonyl (C=O) groups is 1. The molecule has 110 valence electrons. The van der Waals surface area contributed by atoms with Gasteiger partial charge >= 0.3 is 0 Å². The first kappa shape index (κ1) is 13.7. The monoisotopic (exact) mass is 276 g/mol. The molecule has 0 unspecified atom stereocenters. The summed E-state index contributed by atoms with van der Waals surface area (Å²) in [6.07, 6.45) is 7.40. The second kappa shape index (κ2) is 6.00. The maximum absolute atomic E-state index is 12.5. The fraction of sp³-hybridized carbons (Fsp3) is 0.688. The van der Waals surface area contributed by atoms with Crippen molar-refractivity contribution in [1.82, 2.24) is 10.3 Å². The second-order valence-electron chi connectivity index (χ2n) is 6.02. The van der Waals surface area contributed by atoms with Gasteiger partial charge in [0.25, 0.3) is 5.91 Å². The van der Waals surface area contributed by atoms with Crippen molar-refractivity contribution in [3.63, 3.8) is 0 Å². The number of aromatic nitrogens is 1. The molecule has 4 heteroatoms. The minimum absolute atomic E-state index is 0.0893. The lowest BCUT2D eigenvalue weighted by atomic mass is 9.90. The van der Waals surface area contributed by atoms with E-state index in [2.05, 4.69) is 17.2 Å². The molecule has 1 aromatic rings. The summed E-state index contributed by atoms with van der Waals surface area (Å²) in [5.74, 6) is 1.22. The van der Waals surface area contributed by atoms with E-state index in [1.54, 1.807) is 0 Å². The number of amides is 1. The molecule has 2 N–H and O–H groups in total. The molecular formula is C16H24N2O2. The molecule has 3 rings (SSSR count). The maximum Gasteiger partial charge on any atom is 0.253 e. The summed E-state index contributed by atoms with van der Waals surface area (Å²) in [6.45, 7) is 3.81. The Kier molecular flexibility index (Phi) is 4.10. The highest BCUT2D eigenvalue weighted by atomic mass is 16.5. The van der Waals surface area contributed by atoms with Crippen LogP contribution in [0.5, 0.6) is 0 Å². The van der Waals surface area contributed by atoms with E-state index in [-0.39, 0.29) is 11.9 Å². The molecule has 0 bridgehead atoms. The topological polar surface area (TPSA) is 54.1 Å². The van der Waals surface area contributed by atoms with Gasteiger partial charge in [0.1, 0.15) is 0 Å². The highest BCUT2D eigenvalue weighted by molar-refractivity contribution is 5.95. The molecule has 1 saturated carbocycles. The van der Waals surface area contributed by atoms with E-state index in [1.165, 1.54) is 12.8 Å².